The number of hydrogen-bond donors (Lipinski definition) is 0. The maximum Gasteiger partial charge on any atom is 0.0989 e. The number of ether oxygens (including phenoxy) is 2. The fourth-order valence-electron chi connectivity index (χ4n) is 2.56. The molecule has 4 nitrogen and oxygen atoms in total. The molecule has 0 amide bonds. The Hall–Kier alpha value is -0.970. The van der Waals surface area contributed by atoms with Gasteiger partial charge in [0.05, 0.1) is 11.3 Å². The highest BCUT2D eigenvalue weighted by Gasteiger charge is 2.36. The summed E-state index contributed by atoms with van der Waals surface area (Å²) in [5.41, 5.74) is 2.09. The van der Waals surface area contributed by atoms with Gasteiger partial charge in [-0.25, -0.2) is 0 Å². The van der Waals surface area contributed by atoms with Crippen LogP contribution >= 0.6 is 0 Å². The highest BCUT2D eigenvalue weighted by atomic mass is 16.5. The summed E-state index contributed by atoms with van der Waals surface area (Å²) >= 11 is 0. The first-order chi connectivity index (χ1) is 8.68. The third kappa shape index (κ3) is 2.71. The quantitative estimate of drug-likeness (QED) is 0.816. The zero-order valence-corrected chi connectivity index (χ0v) is 11.5. The number of nitrogens with zero attached hydrogens (tertiary/aromatic N) is 2. The van der Waals surface area contributed by atoms with Crippen LogP contribution in [0.15, 0.2) is 18.3 Å². The summed E-state index contributed by atoms with van der Waals surface area (Å²) < 4.78 is 11.3. The highest BCUT2D eigenvalue weighted by molar-refractivity contribution is 5.27. The van der Waals surface area contributed by atoms with E-state index in [0.717, 1.165) is 38.3 Å². The number of methoxy groups -OCH3 is 1. The molecule has 0 aromatic carbocycles. The molecular weight excluding hydrogens is 228 g/mol. The van der Waals surface area contributed by atoms with Crippen molar-refractivity contribution in [1.29, 1.82) is 0 Å². The van der Waals surface area contributed by atoms with Gasteiger partial charge in [-0.05, 0) is 20.2 Å². The second-order valence-electron chi connectivity index (χ2n) is 5.05. The molecule has 2 rings (SSSR count). The summed E-state index contributed by atoms with van der Waals surface area (Å²) in [7, 11) is 5.90. The summed E-state index contributed by atoms with van der Waals surface area (Å²) in [4.78, 5) is 6.66. The largest absolute Gasteiger partial charge is 0.381 e. The third-order valence-electron chi connectivity index (χ3n) is 3.54. The molecule has 1 aromatic rings. The molecule has 0 atom stereocenters. The van der Waals surface area contributed by atoms with Crippen LogP contribution in [-0.2, 0) is 21.6 Å². The monoisotopic (exact) mass is 250 g/mol. The minimum atomic E-state index is -0.224. The van der Waals surface area contributed by atoms with E-state index in [2.05, 4.69) is 30.0 Å². The Bertz CT molecular complexity index is 387. The molecule has 0 N–H and O–H groups in total. The lowest BCUT2D eigenvalue weighted by Crippen LogP contribution is -2.37. The molecule has 0 bridgehead atoms. The standard InChI is InChI=1S/C14H22N2O2/c1-16(2)11-13-12(5-4-8-15-13)14(17-3)6-9-18-10-7-14/h4-5,8H,6-7,9-11H2,1-3H3. The van der Waals surface area contributed by atoms with E-state index in [0.29, 0.717) is 0 Å². The molecule has 2 heterocycles. The Morgan fingerprint density at radius 3 is 2.72 bits per heavy atom. The number of rotatable bonds is 4. The predicted molar refractivity (Wildman–Crippen MR) is 70.4 cm³/mol. The van der Waals surface area contributed by atoms with E-state index in [1.807, 2.05) is 12.3 Å². The first-order valence-corrected chi connectivity index (χ1v) is 6.40. The molecule has 1 fully saturated rings. The van der Waals surface area contributed by atoms with Crippen molar-refractivity contribution in [3.63, 3.8) is 0 Å². The van der Waals surface area contributed by atoms with E-state index >= 15 is 0 Å². The van der Waals surface area contributed by atoms with Crippen molar-refractivity contribution in [2.45, 2.75) is 25.0 Å². The lowest BCUT2D eigenvalue weighted by molar-refractivity contribution is -0.0956. The molecule has 0 unspecified atom stereocenters. The predicted octanol–water partition coefficient (Wildman–Crippen LogP) is 1.80. The maximum atomic E-state index is 5.85. The molecule has 1 aliphatic rings. The Balaban J connectivity index is 2.35. The zero-order chi connectivity index (χ0) is 13.0. The molecule has 0 spiro atoms. The molecular formula is C14H22N2O2. The topological polar surface area (TPSA) is 34.6 Å². The van der Waals surface area contributed by atoms with Crippen LogP contribution in [-0.4, -0.2) is 44.3 Å². The van der Waals surface area contributed by atoms with Gasteiger partial charge < -0.3 is 14.4 Å². The van der Waals surface area contributed by atoms with Crippen LogP contribution in [0.3, 0.4) is 0 Å². The normalized spacial score (nSPS) is 19.1. The summed E-state index contributed by atoms with van der Waals surface area (Å²) in [6.45, 7) is 2.34. The third-order valence-corrected chi connectivity index (χ3v) is 3.54. The zero-order valence-electron chi connectivity index (χ0n) is 11.5. The molecule has 0 saturated carbocycles. The van der Waals surface area contributed by atoms with Crippen molar-refractivity contribution in [2.75, 3.05) is 34.4 Å². The fourth-order valence-corrected chi connectivity index (χ4v) is 2.56. The van der Waals surface area contributed by atoms with Crippen molar-refractivity contribution in [3.05, 3.63) is 29.6 Å². The molecule has 0 aliphatic carbocycles. The molecule has 1 aliphatic heterocycles. The summed E-state index contributed by atoms with van der Waals surface area (Å²) in [6, 6.07) is 4.13. The van der Waals surface area contributed by atoms with Gasteiger partial charge in [-0.15, -0.1) is 0 Å². The van der Waals surface area contributed by atoms with E-state index in [1.54, 1.807) is 7.11 Å². The van der Waals surface area contributed by atoms with Gasteiger partial charge in [0.1, 0.15) is 0 Å². The van der Waals surface area contributed by atoms with Crippen molar-refractivity contribution in [1.82, 2.24) is 9.88 Å². The van der Waals surface area contributed by atoms with E-state index in [9.17, 15) is 0 Å². The van der Waals surface area contributed by atoms with Crippen LogP contribution in [0.2, 0.25) is 0 Å². The van der Waals surface area contributed by atoms with Gasteiger partial charge in [-0.1, -0.05) is 6.07 Å². The Morgan fingerprint density at radius 2 is 2.11 bits per heavy atom. The molecule has 1 saturated heterocycles. The number of pyridine rings is 1. The second-order valence-corrected chi connectivity index (χ2v) is 5.05. The van der Waals surface area contributed by atoms with E-state index in [1.165, 1.54) is 5.56 Å². The van der Waals surface area contributed by atoms with Crippen LogP contribution in [0.5, 0.6) is 0 Å². The Labute approximate surface area is 109 Å². The lowest BCUT2D eigenvalue weighted by atomic mass is 9.85. The lowest BCUT2D eigenvalue weighted by Gasteiger charge is -2.37. The van der Waals surface area contributed by atoms with Crippen LogP contribution in [0.4, 0.5) is 0 Å². The molecule has 18 heavy (non-hydrogen) atoms. The first kappa shape index (κ1) is 13.5. The SMILES string of the molecule is COC1(c2cccnc2CN(C)C)CCOCC1. The Kier molecular flexibility index (Phi) is 4.32. The number of hydrogen-bond acceptors (Lipinski definition) is 4. The second kappa shape index (κ2) is 5.78. The van der Waals surface area contributed by atoms with E-state index < -0.39 is 0 Å². The smallest absolute Gasteiger partial charge is 0.0989 e. The van der Waals surface area contributed by atoms with Crippen LogP contribution in [0, 0.1) is 0 Å². The van der Waals surface area contributed by atoms with Gasteiger partial charge in [-0.2, -0.15) is 0 Å². The van der Waals surface area contributed by atoms with Gasteiger partial charge in [0.2, 0.25) is 0 Å². The van der Waals surface area contributed by atoms with Gasteiger partial charge in [0.25, 0.3) is 0 Å². The average molecular weight is 250 g/mol. The van der Waals surface area contributed by atoms with Gasteiger partial charge >= 0.3 is 0 Å². The minimum absolute atomic E-state index is 0.224. The van der Waals surface area contributed by atoms with Crippen molar-refractivity contribution < 1.29 is 9.47 Å². The number of aromatic nitrogens is 1. The van der Waals surface area contributed by atoms with Crippen molar-refractivity contribution >= 4 is 0 Å². The molecule has 100 valence electrons. The van der Waals surface area contributed by atoms with Crippen molar-refractivity contribution in [3.8, 4) is 0 Å². The Morgan fingerprint density at radius 1 is 1.39 bits per heavy atom. The highest BCUT2D eigenvalue weighted by Crippen LogP contribution is 2.36. The van der Waals surface area contributed by atoms with E-state index in [-0.39, 0.29) is 5.60 Å². The van der Waals surface area contributed by atoms with Crippen LogP contribution < -0.4 is 0 Å². The minimum Gasteiger partial charge on any atom is -0.381 e. The molecule has 1 aromatic heterocycles. The molecule has 0 radical (unpaired) electrons. The van der Waals surface area contributed by atoms with Crippen LogP contribution in [0.1, 0.15) is 24.1 Å². The van der Waals surface area contributed by atoms with Gasteiger partial charge in [0, 0.05) is 51.5 Å². The maximum absolute atomic E-state index is 5.85. The van der Waals surface area contributed by atoms with Crippen LogP contribution in [0.25, 0.3) is 0 Å². The first-order valence-electron chi connectivity index (χ1n) is 6.40. The van der Waals surface area contributed by atoms with Gasteiger partial charge in [-0.3, -0.25) is 4.98 Å². The average Bonchev–Trinajstić information content (AvgIpc) is 2.39. The molecule has 4 heteroatoms. The summed E-state index contributed by atoms with van der Waals surface area (Å²) in [5.74, 6) is 0. The summed E-state index contributed by atoms with van der Waals surface area (Å²) in [5, 5.41) is 0. The van der Waals surface area contributed by atoms with Gasteiger partial charge in [0.15, 0.2) is 0 Å². The van der Waals surface area contributed by atoms with E-state index in [4.69, 9.17) is 9.47 Å². The van der Waals surface area contributed by atoms with Crippen molar-refractivity contribution in [2.24, 2.45) is 0 Å². The summed E-state index contributed by atoms with van der Waals surface area (Å²) in [6.07, 6.45) is 3.65. The fraction of sp³-hybridized carbons (Fsp3) is 0.643.